The van der Waals surface area contributed by atoms with Crippen molar-refractivity contribution < 1.29 is 22.8 Å². The van der Waals surface area contributed by atoms with Crippen LogP contribution in [0.1, 0.15) is 49.9 Å². The Kier molecular flexibility index (Phi) is 7.35. The lowest BCUT2D eigenvalue weighted by Crippen LogP contribution is -2.32. The fraction of sp³-hybridized carbons (Fsp3) is 0.281. The number of hydrogen-bond donors (Lipinski definition) is 1. The zero-order valence-electron chi connectivity index (χ0n) is 23.6. The number of rotatable bonds is 7. The van der Waals surface area contributed by atoms with Gasteiger partial charge in [-0.15, -0.1) is 0 Å². The minimum absolute atomic E-state index is 0.136. The Morgan fingerprint density at radius 2 is 1.61 bits per heavy atom. The fourth-order valence-electron chi connectivity index (χ4n) is 5.59. The van der Waals surface area contributed by atoms with Crippen LogP contribution in [0, 0.1) is 0 Å². The smallest absolute Gasteiger partial charge is 0.492 e. The first-order valence-electron chi connectivity index (χ1n) is 14.3. The number of nitrogens with one attached hydrogen (secondary N) is 1. The highest BCUT2D eigenvalue weighted by molar-refractivity contribution is 6.41. The molecule has 7 nitrogen and oxygen atoms in total. The third-order valence-electron chi connectivity index (χ3n) is 7.68. The van der Waals surface area contributed by atoms with E-state index in [1.165, 1.54) is 0 Å². The number of hydrogen-bond acceptors (Lipinski definition) is 7. The largest absolute Gasteiger partial charge is 0.832 e. The second kappa shape index (κ2) is 11.2. The van der Waals surface area contributed by atoms with Crippen molar-refractivity contribution in [3.05, 3.63) is 72.3 Å². The minimum atomic E-state index is -2.34. The molecule has 0 fully saturated rings. The van der Waals surface area contributed by atoms with Gasteiger partial charge in [0.1, 0.15) is 11.3 Å². The number of unbranched alkanes of at least 4 members (excludes halogenated alkanes) is 2. The SMILES string of the molecule is CCCCN(CCCC)c1ccc2c(c1)oc1c3c(c4ccccc4c12)NN(C)c1ccccc1C(=O)OB(F)O3. The van der Waals surface area contributed by atoms with Crippen LogP contribution in [0.4, 0.5) is 21.4 Å². The van der Waals surface area contributed by atoms with Crippen molar-refractivity contribution in [2.24, 2.45) is 0 Å². The van der Waals surface area contributed by atoms with Crippen LogP contribution in [-0.2, 0) is 4.65 Å². The summed E-state index contributed by atoms with van der Waals surface area (Å²) in [6.45, 7) is 6.33. The predicted molar refractivity (Wildman–Crippen MR) is 165 cm³/mol. The normalized spacial score (nSPS) is 13.5. The van der Waals surface area contributed by atoms with Gasteiger partial charge in [-0.05, 0) is 42.5 Å². The Balaban J connectivity index is 1.57. The molecule has 1 aliphatic heterocycles. The molecule has 210 valence electrons. The Morgan fingerprint density at radius 1 is 0.902 bits per heavy atom. The van der Waals surface area contributed by atoms with Crippen LogP contribution < -0.4 is 20.0 Å². The number of para-hydroxylation sites is 1. The highest BCUT2D eigenvalue weighted by atomic mass is 19.1. The third kappa shape index (κ3) is 4.90. The maximum Gasteiger partial charge on any atom is 0.832 e. The summed E-state index contributed by atoms with van der Waals surface area (Å²) in [6, 6.07) is 21.0. The number of carbonyl (C=O) groups excluding carboxylic acids is 1. The zero-order valence-corrected chi connectivity index (χ0v) is 23.6. The van der Waals surface area contributed by atoms with E-state index in [0.29, 0.717) is 22.5 Å². The topological polar surface area (TPSA) is 67.2 Å². The third-order valence-corrected chi connectivity index (χ3v) is 7.68. The molecule has 0 saturated carbocycles. The summed E-state index contributed by atoms with van der Waals surface area (Å²) >= 11 is 0. The average Bonchev–Trinajstić information content (AvgIpc) is 3.37. The van der Waals surface area contributed by atoms with Gasteiger partial charge in [-0.3, -0.25) is 10.4 Å². The van der Waals surface area contributed by atoms with Gasteiger partial charge in [0.15, 0.2) is 11.3 Å². The molecule has 6 rings (SSSR count). The first kappa shape index (κ1) is 26.8. The summed E-state index contributed by atoms with van der Waals surface area (Å²) < 4.78 is 32.6. The molecule has 41 heavy (non-hydrogen) atoms. The van der Waals surface area contributed by atoms with Crippen LogP contribution in [0.25, 0.3) is 32.7 Å². The molecule has 2 heterocycles. The van der Waals surface area contributed by atoms with Gasteiger partial charge < -0.3 is 18.6 Å². The van der Waals surface area contributed by atoms with E-state index in [0.717, 1.165) is 66.0 Å². The van der Waals surface area contributed by atoms with E-state index in [9.17, 15) is 4.79 Å². The molecule has 9 heteroatoms. The standard InChI is InChI=1S/C32H33BFN3O4/c1-4-6-18-37(19-7-5-2)21-16-17-25-27(20-21)39-30-28(25)22-12-8-9-13-23(22)29-31(30)40-33(34)41-32(38)24-14-10-11-15-26(24)36(3)35-29/h8-17,20,35H,4-7,18-19H2,1-3H3. The highest BCUT2D eigenvalue weighted by Crippen LogP contribution is 2.47. The molecular formula is C32H33BFN3O4. The number of nitrogens with zero attached hydrogens (tertiary/aromatic N) is 2. The van der Waals surface area contributed by atoms with Crippen molar-refractivity contribution in [1.82, 2.24) is 0 Å². The Bertz CT molecular complexity index is 1730. The number of anilines is 3. The molecule has 0 unspecified atom stereocenters. The van der Waals surface area contributed by atoms with Crippen LogP contribution >= 0.6 is 0 Å². The number of halogens is 1. The summed E-state index contributed by atoms with van der Waals surface area (Å²) in [5.41, 5.74) is 6.77. The van der Waals surface area contributed by atoms with Gasteiger partial charge >= 0.3 is 13.4 Å². The van der Waals surface area contributed by atoms with Crippen LogP contribution in [0.15, 0.2) is 71.1 Å². The zero-order chi connectivity index (χ0) is 28.5. The van der Waals surface area contributed by atoms with E-state index >= 15 is 4.32 Å². The lowest BCUT2D eigenvalue weighted by molar-refractivity contribution is 0.0681. The highest BCUT2D eigenvalue weighted by Gasteiger charge is 2.34. The second-order valence-electron chi connectivity index (χ2n) is 10.4. The maximum absolute atomic E-state index is 15.3. The quantitative estimate of drug-likeness (QED) is 0.204. The van der Waals surface area contributed by atoms with Gasteiger partial charge in [0.25, 0.3) is 0 Å². The average molecular weight is 553 g/mol. The van der Waals surface area contributed by atoms with Gasteiger partial charge in [0, 0.05) is 48.0 Å². The molecule has 0 saturated heterocycles. The van der Waals surface area contributed by atoms with Crippen LogP contribution in [0.2, 0.25) is 0 Å². The van der Waals surface area contributed by atoms with Crippen molar-refractivity contribution >= 4 is 63.1 Å². The lowest BCUT2D eigenvalue weighted by atomic mass is 10.0. The summed E-state index contributed by atoms with van der Waals surface area (Å²) in [6.07, 6.45) is 4.44. The Hall–Kier alpha value is -4.40. The first-order valence-corrected chi connectivity index (χ1v) is 14.3. The molecule has 1 aliphatic rings. The number of hydrazine groups is 1. The van der Waals surface area contributed by atoms with E-state index in [2.05, 4.69) is 42.4 Å². The molecule has 0 aliphatic carbocycles. The molecule has 0 spiro atoms. The number of carbonyl (C=O) groups is 1. The second-order valence-corrected chi connectivity index (χ2v) is 10.4. The van der Waals surface area contributed by atoms with Crippen molar-refractivity contribution in [2.45, 2.75) is 39.5 Å². The van der Waals surface area contributed by atoms with Gasteiger partial charge in [0.2, 0.25) is 0 Å². The van der Waals surface area contributed by atoms with Crippen molar-refractivity contribution in [3.63, 3.8) is 0 Å². The van der Waals surface area contributed by atoms with E-state index in [-0.39, 0.29) is 11.3 Å². The molecular weight excluding hydrogens is 520 g/mol. The summed E-state index contributed by atoms with van der Waals surface area (Å²) in [7, 11) is -0.554. The molecule has 0 bridgehead atoms. The first-order chi connectivity index (χ1) is 20.0. The van der Waals surface area contributed by atoms with Crippen molar-refractivity contribution in [2.75, 3.05) is 35.5 Å². The molecule has 5 aromatic rings. The van der Waals surface area contributed by atoms with E-state index in [1.807, 2.05) is 30.3 Å². The molecule has 4 aromatic carbocycles. The lowest BCUT2D eigenvalue weighted by Gasteiger charge is -2.27. The monoisotopic (exact) mass is 553 g/mol. The molecule has 0 atom stereocenters. The molecule has 1 aromatic heterocycles. The molecule has 0 amide bonds. The van der Waals surface area contributed by atoms with Crippen LogP contribution in [0.3, 0.4) is 0 Å². The van der Waals surface area contributed by atoms with E-state index < -0.39 is 13.4 Å². The Morgan fingerprint density at radius 3 is 2.37 bits per heavy atom. The van der Waals surface area contributed by atoms with Gasteiger partial charge in [0.05, 0.1) is 11.3 Å². The number of benzene rings is 4. The van der Waals surface area contributed by atoms with E-state index in [1.54, 1.807) is 30.3 Å². The minimum Gasteiger partial charge on any atom is -0.492 e. The summed E-state index contributed by atoms with van der Waals surface area (Å²) in [5.74, 6) is -0.687. The predicted octanol–water partition coefficient (Wildman–Crippen LogP) is 8.11. The van der Waals surface area contributed by atoms with Gasteiger partial charge in [-0.25, -0.2) is 9.11 Å². The summed E-state index contributed by atoms with van der Waals surface area (Å²) in [4.78, 5) is 15.2. The van der Waals surface area contributed by atoms with Crippen LogP contribution in [0.5, 0.6) is 5.75 Å². The summed E-state index contributed by atoms with van der Waals surface area (Å²) in [5, 5.41) is 5.17. The molecule has 0 radical (unpaired) electrons. The van der Waals surface area contributed by atoms with Crippen LogP contribution in [-0.4, -0.2) is 33.5 Å². The van der Waals surface area contributed by atoms with Crippen molar-refractivity contribution in [1.29, 1.82) is 0 Å². The molecule has 1 N–H and O–H groups in total. The fourth-order valence-corrected chi connectivity index (χ4v) is 5.59. The number of fused-ring (bicyclic) bond motifs is 9. The van der Waals surface area contributed by atoms with Crippen molar-refractivity contribution in [3.8, 4) is 5.75 Å². The van der Waals surface area contributed by atoms with Gasteiger partial charge in [-0.2, -0.15) is 0 Å². The van der Waals surface area contributed by atoms with E-state index in [4.69, 9.17) is 13.7 Å². The van der Waals surface area contributed by atoms with Gasteiger partial charge in [-0.1, -0.05) is 63.1 Å². The Labute approximate surface area is 239 Å². The maximum atomic E-state index is 15.3. The number of furan rings is 1.